The van der Waals surface area contributed by atoms with Crippen LogP contribution in [0.4, 0.5) is 4.79 Å². The molecule has 2 amide bonds. The number of carbonyl (C=O) groups is 2. The van der Waals surface area contributed by atoms with Crippen LogP contribution < -0.4 is 10.6 Å². The van der Waals surface area contributed by atoms with Gasteiger partial charge in [0.05, 0.1) is 24.9 Å². The molecule has 1 unspecified atom stereocenters. The summed E-state index contributed by atoms with van der Waals surface area (Å²) in [5.74, 6) is -0.370. The van der Waals surface area contributed by atoms with Crippen LogP contribution in [-0.2, 0) is 11.3 Å². The number of aromatic nitrogens is 3. The Labute approximate surface area is 102 Å². The fourth-order valence-electron chi connectivity index (χ4n) is 1.66. The molecule has 98 valence electrons. The third kappa shape index (κ3) is 2.40. The second-order valence-electron chi connectivity index (χ2n) is 4.04. The van der Waals surface area contributed by atoms with E-state index in [-0.39, 0.29) is 18.5 Å². The van der Waals surface area contributed by atoms with E-state index in [1.807, 2.05) is 0 Å². The number of aliphatic hydroxyl groups is 1. The van der Waals surface area contributed by atoms with Crippen molar-refractivity contribution in [2.45, 2.75) is 31.7 Å². The first-order valence-electron chi connectivity index (χ1n) is 5.35. The first-order valence-corrected chi connectivity index (χ1v) is 5.35. The van der Waals surface area contributed by atoms with Crippen molar-refractivity contribution >= 4 is 12.0 Å². The van der Waals surface area contributed by atoms with Crippen molar-refractivity contribution < 1.29 is 19.8 Å². The topological polar surface area (TPSA) is 129 Å². The largest absolute Gasteiger partial charge is 0.465 e. The van der Waals surface area contributed by atoms with Crippen LogP contribution in [0, 0.1) is 0 Å². The molecule has 0 bridgehead atoms. The fraction of sp³-hybridized carbons (Fsp3) is 0.556. The van der Waals surface area contributed by atoms with E-state index in [1.54, 1.807) is 6.92 Å². The number of nitrogens with one attached hydrogen (secondary N) is 2. The maximum absolute atomic E-state index is 11.2. The number of hydrogen-bond donors (Lipinski definition) is 4. The summed E-state index contributed by atoms with van der Waals surface area (Å²) in [6, 6.07) is -1.17. The van der Waals surface area contributed by atoms with E-state index in [9.17, 15) is 14.7 Å². The Hall–Kier alpha value is -2.16. The van der Waals surface area contributed by atoms with Crippen molar-refractivity contribution in [3.8, 4) is 0 Å². The zero-order chi connectivity index (χ0) is 13.3. The summed E-state index contributed by atoms with van der Waals surface area (Å²) in [7, 11) is 0. The highest BCUT2D eigenvalue weighted by Gasteiger charge is 2.41. The van der Waals surface area contributed by atoms with Gasteiger partial charge < -0.3 is 20.8 Å². The van der Waals surface area contributed by atoms with Crippen LogP contribution in [0.15, 0.2) is 6.20 Å². The molecule has 9 heteroatoms. The highest BCUT2D eigenvalue weighted by molar-refractivity contribution is 5.91. The third-order valence-corrected chi connectivity index (χ3v) is 2.63. The molecule has 4 N–H and O–H groups in total. The second kappa shape index (κ2) is 4.61. The van der Waals surface area contributed by atoms with Gasteiger partial charge in [-0.2, -0.15) is 15.0 Å². The fourth-order valence-corrected chi connectivity index (χ4v) is 1.66. The minimum absolute atomic E-state index is 0.239. The summed E-state index contributed by atoms with van der Waals surface area (Å²) in [6.07, 6.45) is -0.550. The predicted molar refractivity (Wildman–Crippen MR) is 57.5 cm³/mol. The van der Waals surface area contributed by atoms with E-state index in [4.69, 9.17) is 5.11 Å². The van der Waals surface area contributed by atoms with E-state index in [0.717, 1.165) is 0 Å². The van der Waals surface area contributed by atoms with Crippen molar-refractivity contribution in [3.05, 3.63) is 11.9 Å². The van der Waals surface area contributed by atoms with Crippen LogP contribution >= 0.6 is 0 Å². The molecule has 18 heavy (non-hydrogen) atoms. The number of rotatable bonds is 4. The Kier molecular flexibility index (Phi) is 3.15. The molecule has 1 fully saturated rings. The molecular weight excluding hydrogens is 242 g/mol. The lowest BCUT2D eigenvalue weighted by atomic mass is 9.99. The maximum atomic E-state index is 11.2. The Balaban J connectivity index is 1.96. The molecule has 0 saturated carbocycles. The van der Waals surface area contributed by atoms with Crippen LogP contribution in [0.1, 0.15) is 18.7 Å². The molecule has 0 radical (unpaired) electrons. The summed E-state index contributed by atoms with van der Waals surface area (Å²) in [5.41, 5.74) is 0.420. The van der Waals surface area contributed by atoms with Gasteiger partial charge in [0.1, 0.15) is 11.7 Å². The molecule has 3 atom stereocenters. The van der Waals surface area contributed by atoms with E-state index in [0.29, 0.717) is 5.69 Å². The van der Waals surface area contributed by atoms with Gasteiger partial charge in [0.25, 0.3) is 0 Å². The molecule has 1 aromatic rings. The third-order valence-electron chi connectivity index (χ3n) is 2.63. The number of hydrogen-bond acceptors (Lipinski definition) is 5. The number of nitrogens with zero attached hydrogens (tertiary/aromatic N) is 3. The highest BCUT2D eigenvalue weighted by Crippen LogP contribution is 2.10. The van der Waals surface area contributed by atoms with Gasteiger partial charge in [-0.15, -0.1) is 0 Å². The monoisotopic (exact) mass is 255 g/mol. The van der Waals surface area contributed by atoms with Crippen LogP contribution in [0.3, 0.4) is 0 Å². The van der Waals surface area contributed by atoms with Gasteiger partial charge in [-0.05, 0) is 6.92 Å². The van der Waals surface area contributed by atoms with E-state index in [1.165, 1.54) is 11.0 Å². The number of β-lactam (4-membered cyclic amide) rings is 1. The van der Waals surface area contributed by atoms with Crippen LogP contribution in [0.25, 0.3) is 0 Å². The molecule has 1 aliphatic heterocycles. The molecule has 1 aromatic heterocycles. The van der Waals surface area contributed by atoms with E-state index >= 15 is 0 Å². The first-order chi connectivity index (χ1) is 8.47. The Morgan fingerprint density at radius 1 is 1.72 bits per heavy atom. The molecular formula is C9H13N5O4. The Bertz CT molecular complexity index is 471. The van der Waals surface area contributed by atoms with Crippen molar-refractivity contribution in [2.75, 3.05) is 0 Å². The van der Waals surface area contributed by atoms with E-state index in [2.05, 4.69) is 20.8 Å². The lowest BCUT2D eigenvalue weighted by Crippen LogP contribution is -2.70. The molecule has 2 rings (SSSR count). The van der Waals surface area contributed by atoms with Gasteiger partial charge in [-0.25, -0.2) is 4.79 Å². The van der Waals surface area contributed by atoms with Crippen LogP contribution in [0.5, 0.6) is 0 Å². The zero-order valence-corrected chi connectivity index (χ0v) is 9.57. The number of aliphatic hydroxyl groups excluding tert-OH is 1. The molecule has 1 aliphatic rings. The average molecular weight is 255 g/mol. The number of carboxylic acid groups (broad SMARTS) is 1. The molecule has 1 saturated heterocycles. The number of carbonyl (C=O) groups excluding carboxylic acids is 1. The second-order valence-corrected chi connectivity index (χ2v) is 4.04. The number of amides is 2. The van der Waals surface area contributed by atoms with Crippen LogP contribution in [0.2, 0.25) is 0 Å². The van der Waals surface area contributed by atoms with Gasteiger partial charge >= 0.3 is 6.09 Å². The SMILES string of the molecule is CC(O)c1cnn(C[C@@H]2NC(=O)[C@H]2NC(=O)O)n1. The maximum Gasteiger partial charge on any atom is 0.405 e. The average Bonchev–Trinajstić information content (AvgIpc) is 2.74. The van der Waals surface area contributed by atoms with E-state index < -0.39 is 18.2 Å². The normalized spacial score (nSPS) is 24.0. The van der Waals surface area contributed by atoms with Gasteiger partial charge in [0.15, 0.2) is 0 Å². The smallest absolute Gasteiger partial charge is 0.405 e. The highest BCUT2D eigenvalue weighted by atomic mass is 16.4. The van der Waals surface area contributed by atoms with Crippen LogP contribution in [-0.4, -0.2) is 49.3 Å². The molecule has 0 aliphatic carbocycles. The van der Waals surface area contributed by atoms with Crippen molar-refractivity contribution in [3.63, 3.8) is 0 Å². The van der Waals surface area contributed by atoms with Gasteiger partial charge in [-0.3, -0.25) is 4.79 Å². The van der Waals surface area contributed by atoms with Crippen molar-refractivity contribution in [1.82, 2.24) is 25.6 Å². The summed E-state index contributed by atoms with van der Waals surface area (Å²) < 4.78 is 0. The molecule has 0 aromatic carbocycles. The molecule has 2 heterocycles. The first kappa shape index (κ1) is 12.3. The van der Waals surface area contributed by atoms with Crippen molar-refractivity contribution in [1.29, 1.82) is 0 Å². The summed E-state index contributed by atoms with van der Waals surface area (Å²) in [6.45, 7) is 1.80. The molecule has 9 nitrogen and oxygen atoms in total. The predicted octanol–water partition coefficient (Wildman–Crippen LogP) is -1.53. The summed E-state index contributed by atoms with van der Waals surface area (Å²) in [4.78, 5) is 22.9. The van der Waals surface area contributed by atoms with Gasteiger partial charge in [0.2, 0.25) is 5.91 Å². The summed E-state index contributed by atoms with van der Waals surface area (Å²) >= 11 is 0. The van der Waals surface area contributed by atoms with Gasteiger partial charge in [-0.1, -0.05) is 0 Å². The lowest BCUT2D eigenvalue weighted by Gasteiger charge is -2.35. The quantitative estimate of drug-likeness (QED) is 0.483. The summed E-state index contributed by atoms with van der Waals surface area (Å²) in [5, 5.41) is 30.4. The van der Waals surface area contributed by atoms with Gasteiger partial charge in [0, 0.05) is 0 Å². The lowest BCUT2D eigenvalue weighted by molar-refractivity contribution is -0.131. The minimum Gasteiger partial charge on any atom is -0.465 e. The molecule has 0 spiro atoms. The van der Waals surface area contributed by atoms with Crippen molar-refractivity contribution in [2.24, 2.45) is 0 Å². The minimum atomic E-state index is -1.25. The Morgan fingerprint density at radius 2 is 2.44 bits per heavy atom. The Morgan fingerprint density at radius 3 is 2.94 bits per heavy atom. The standard InChI is InChI=1S/C9H13N5O4/c1-4(15)5-2-10-14(13-5)3-6-7(8(16)11-6)12-9(17)18/h2,4,6-7,12,15H,3H2,1H3,(H,11,16)(H,17,18)/t4?,6-,7-/m0/s1. The zero-order valence-electron chi connectivity index (χ0n) is 9.57.